The molecule has 26 heavy (non-hydrogen) atoms. The zero-order valence-corrected chi connectivity index (χ0v) is 15.3. The Morgan fingerprint density at radius 1 is 1.04 bits per heavy atom. The van der Waals surface area contributed by atoms with Crippen molar-refractivity contribution in [3.05, 3.63) is 65.2 Å². The maximum Gasteiger partial charge on any atom is 0.339 e. The molecular formula is C21H22O5. The van der Waals surface area contributed by atoms with Crippen molar-refractivity contribution in [3.8, 4) is 11.5 Å². The van der Waals surface area contributed by atoms with Crippen LogP contribution in [0.5, 0.6) is 11.5 Å². The Morgan fingerprint density at radius 3 is 2.12 bits per heavy atom. The van der Waals surface area contributed by atoms with Gasteiger partial charge in [-0.15, -0.1) is 0 Å². The van der Waals surface area contributed by atoms with Crippen molar-refractivity contribution < 1.29 is 24.2 Å². The number of phenols is 1. The van der Waals surface area contributed by atoms with Gasteiger partial charge in [-0.25, -0.2) is 4.79 Å². The third kappa shape index (κ3) is 4.11. The smallest absolute Gasteiger partial charge is 0.339 e. The number of phenolic OH excluding ortho intramolecular Hbond substituents is 1. The Kier molecular flexibility index (Phi) is 5.82. The molecule has 5 heteroatoms. The second-order valence-electron chi connectivity index (χ2n) is 6.21. The van der Waals surface area contributed by atoms with Crippen LogP contribution < -0.4 is 4.74 Å². The van der Waals surface area contributed by atoms with E-state index in [0.717, 1.165) is 11.1 Å². The quantitative estimate of drug-likeness (QED) is 0.621. The normalized spacial score (nSPS) is 10.5. The molecule has 0 aliphatic heterocycles. The van der Waals surface area contributed by atoms with Gasteiger partial charge in [0.05, 0.1) is 18.8 Å². The molecular weight excluding hydrogens is 332 g/mol. The highest BCUT2D eigenvalue weighted by Gasteiger charge is 2.23. The maximum absolute atomic E-state index is 12.9. The van der Waals surface area contributed by atoms with E-state index >= 15 is 0 Å². The van der Waals surface area contributed by atoms with E-state index in [1.165, 1.54) is 19.2 Å². The van der Waals surface area contributed by atoms with E-state index in [0.29, 0.717) is 5.56 Å². The molecule has 0 aliphatic carbocycles. The Labute approximate surface area is 152 Å². The first-order chi connectivity index (χ1) is 12.2. The zero-order valence-electron chi connectivity index (χ0n) is 15.3. The lowest BCUT2D eigenvalue weighted by Crippen LogP contribution is -2.16. The topological polar surface area (TPSA) is 72.8 Å². The molecule has 0 atom stereocenters. The largest absolute Gasteiger partial charge is 0.504 e. The van der Waals surface area contributed by atoms with Gasteiger partial charge in [0.2, 0.25) is 0 Å². The van der Waals surface area contributed by atoms with Crippen LogP contribution in [-0.2, 0) is 4.74 Å². The monoisotopic (exact) mass is 354 g/mol. The van der Waals surface area contributed by atoms with Crippen LogP contribution in [0.3, 0.4) is 0 Å². The number of hydrogen-bond acceptors (Lipinski definition) is 5. The summed E-state index contributed by atoms with van der Waals surface area (Å²) in [5.74, 6) is -1.18. The standard InChI is InChI=1S/C21H22O5/c1-12(2)14-6-8-15(9-7-14)20(23)16-10-18(22)19(25-5)11-17(16)21(24)26-13(3)4/h6-11,13,22H,1H2,2-5H3. The zero-order chi connectivity index (χ0) is 19.4. The molecule has 0 aliphatic rings. The maximum atomic E-state index is 12.9. The van der Waals surface area contributed by atoms with Gasteiger partial charge in [-0.3, -0.25) is 4.79 Å². The van der Waals surface area contributed by atoms with Crippen molar-refractivity contribution in [1.29, 1.82) is 0 Å². The van der Waals surface area contributed by atoms with Crippen LogP contribution in [0.2, 0.25) is 0 Å². The molecule has 2 aromatic rings. The minimum Gasteiger partial charge on any atom is -0.504 e. The first-order valence-corrected chi connectivity index (χ1v) is 8.17. The Morgan fingerprint density at radius 2 is 1.62 bits per heavy atom. The molecule has 0 saturated heterocycles. The van der Waals surface area contributed by atoms with Crippen molar-refractivity contribution in [2.75, 3.05) is 7.11 Å². The highest BCUT2D eigenvalue weighted by atomic mass is 16.5. The molecule has 0 fully saturated rings. The fraction of sp³-hybridized carbons (Fsp3) is 0.238. The summed E-state index contributed by atoms with van der Waals surface area (Å²) in [5, 5.41) is 10.1. The molecule has 0 aromatic heterocycles. The Hall–Kier alpha value is -3.08. The molecule has 0 unspecified atom stereocenters. The lowest BCUT2D eigenvalue weighted by atomic mass is 9.96. The van der Waals surface area contributed by atoms with Gasteiger partial charge in [-0.05, 0) is 38.5 Å². The summed E-state index contributed by atoms with van der Waals surface area (Å²) in [6, 6.07) is 9.42. The molecule has 0 saturated carbocycles. The summed E-state index contributed by atoms with van der Waals surface area (Å²) in [6.07, 6.45) is -0.347. The number of methoxy groups -OCH3 is 1. The van der Waals surface area contributed by atoms with E-state index in [4.69, 9.17) is 9.47 Å². The third-order valence-electron chi connectivity index (χ3n) is 3.77. The predicted molar refractivity (Wildman–Crippen MR) is 99.8 cm³/mol. The van der Waals surface area contributed by atoms with E-state index in [2.05, 4.69) is 6.58 Å². The molecule has 0 bridgehead atoms. The Bertz CT molecular complexity index is 847. The van der Waals surface area contributed by atoms with E-state index < -0.39 is 11.8 Å². The highest BCUT2D eigenvalue weighted by molar-refractivity contribution is 6.15. The summed E-state index contributed by atoms with van der Waals surface area (Å²) in [5.41, 5.74) is 2.28. The Balaban J connectivity index is 2.52. The molecule has 1 N–H and O–H groups in total. The summed E-state index contributed by atoms with van der Waals surface area (Å²) in [4.78, 5) is 25.3. The molecule has 5 nitrogen and oxygen atoms in total. The van der Waals surface area contributed by atoms with Crippen LogP contribution in [0.1, 0.15) is 52.6 Å². The first-order valence-electron chi connectivity index (χ1n) is 8.17. The number of hydrogen-bond donors (Lipinski definition) is 1. The number of ketones is 1. The van der Waals surface area contributed by atoms with E-state index in [9.17, 15) is 14.7 Å². The van der Waals surface area contributed by atoms with Crippen LogP contribution in [0, 0.1) is 0 Å². The van der Waals surface area contributed by atoms with Gasteiger partial charge in [0.25, 0.3) is 0 Å². The van der Waals surface area contributed by atoms with Gasteiger partial charge in [0.1, 0.15) is 0 Å². The summed E-state index contributed by atoms with van der Waals surface area (Å²) < 4.78 is 10.3. The molecule has 0 radical (unpaired) electrons. The number of rotatable bonds is 6. The SMILES string of the molecule is C=C(C)c1ccc(C(=O)c2cc(O)c(OC)cc2C(=O)OC(C)C)cc1. The van der Waals surface area contributed by atoms with Crippen molar-refractivity contribution in [3.63, 3.8) is 0 Å². The molecule has 0 heterocycles. The second kappa shape index (κ2) is 7.87. The fourth-order valence-corrected chi connectivity index (χ4v) is 2.43. The minimum atomic E-state index is -0.653. The lowest BCUT2D eigenvalue weighted by molar-refractivity contribution is 0.0375. The third-order valence-corrected chi connectivity index (χ3v) is 3.77. The highest BCUT2D eigenvalue weighted by Crippen LogP contribution is 2.31. The first kappa shape index (κ1) is 19.2. The van der Waals surface area contributed by atoms with Crippen molar-refractivity contribution >= 4 is 17.3 Å². The number of ether oxygens (including phenoxy) is 2. The van der Waals surface area contributed by atoms with Crippen LogP contribution in [-0.4, -0.2) is 30.1 Å². The second-order valence-corrected chi connectivity index (χ2v) is 6.21. The van der Waals surface area contributed by atoms with Gasteiger partial charge in [0.15, 0.2) is 17.3 Å². The summed E-state index contributed by atoms with van der Waals surface area (Å²) >= 11 is 0. The molecule has 2 aromatic carbocycles. The van der Waals surface area contributed by atoms with Crippen molar-refractivity contribution in [2.45, 2.75) is 26.9 Å². The number of carbonyl (C=O) groups is 2. The van der Waals surface area contributed by atoms with Crippen molar-refractivity contribution in [1.82, 2.24) is 0 Å². The predicted octanol–water partition coefficient (Wildman–Crippen LogP) is 4.23. The lowest BCUT2D eigenvalue weighted by Gasteiger charge is -2.14. The van der Waals surface area contributed by atoms with E-state index in [-0.39, 0.29) is 28.7 Å². The number of benzene rings is 2. The van der Waals surface area contributed by atoms with Gasteiger partial charge in [-0.1, -0.05) is 36.4 Å². The van der Waals surface area contributed by atoms with Crippen LogP contribution in [0.25, 0.3) is 5.57 Å². The molecule has 2 rings (SSSR count). The average molecular weight is 354 g/mol. The summed E-state index contributed by atoms with van der Waals surface area (Å²) in [7, 11) is 1.37. The van der Waals surface area contributed by atoms with Crippen LogP contribution >= 0.6 is 0 Å². The molecule has 0 spiro atoms. The van der Waals surface area contributed by atoms with Gasteiger partial charge >= 0.3 is 5.97 Å². The minimum absolute atomic E-state index is 0.0438. The van der Waals surface area contributed by atoms with E-state index in [1.807, 2.05) is 6.92 Å². The molecule has 136 valence electrons. The van der Waals surface area contributed by atoms with Gasteiger partial charge in [0, 0.05) is 11.1 Å². The number of esters is 1. The van der Waals surface area contributed by atoms with Crippen molar-refractivity contribution in [2.24, 2.45) is 0 Å². The van der Waals surface area contributed by atoms with Crippen LogP contribution in [0.4, 0.5) is 0 Å². The van der Waals surface area contributed by atoms with Crippen LogP contribution in [0.15, 0.2) is 43.0 Å². The van der Waals surface area contributed by atoms with Gasteiger partial charge < -0.3 is 14.6 Å². The molecule has 0 amide bonds. The van der Waals surface area contributed by atoms with Gasteiger partial charge in [-0.2, -0.15) is 0 Å². The fourth-order valence-electron chi connectivity index (χ4n) is 2.43. The number of carbonyl (C=O) groups excluding carboxylic acids is 2. The number of allylic oxidation sites excluding steroid dienone is 1. The summed E-state index contributed by atoms with van der Waals surface area (Å²) in [6.45, 7) is 9.17. The average Bonchev–Trinajstić information content (AvgIpc) is 2.60. The van der Waals surface area contributed by atoms with E-state index in [1.54, 1.807) is 38.1 Å². The number of aromatic hydroxyl groups is 1.